The Labute approximate surface area is 203 Å². The van der Waals surface area contributed by atoms with Crippen LogP contribution >= 0.6 is 0 Å². The van der Waals surface area contributed by atoms with Crippen LogP contribution in [0, 0.1) is 5.82 Å². The van der Waals surface area contributed by atoms with Gasteiger partial charge in [0.05, 0.1) is 36.9 Å². The summed E-state index contributed by atoms with van der Waals surface area (Å²) in [5.74, 6) is 0.190. The first-order chi connectivity index (χ1) is 17.4. The smallest absolute Gasteiger partial charge is 0.378 e. The zero-order valence-electron chi connectivity index (χ0n) is 18.7. The van der Waals surface area contributed by atoms with Crippen molar-refractivity contribution in [2.75, 3.05) is 36.5 Å². The molecule has 184 valence electrons. The molecule has 0 bridgehead atoms. The van der Waals surface area contributed by atoms with Gasteiger partial charge in [-0.2, -0.15) is 13.2 Å². The number of aromatic nitrogens is 5. The highest BCUT2D eigenvalue weighted by Crippen LogP contribution is 2.31. The average molecular weight is 497 g/mol. The van der Waals surface area contributed by atoms with Gasteiger partial charge >= 0.3 is 6.18 Å². The molecule has 0 saturated carbocycles. The summed E-state index contributed by atoms with van der Waals surface area (Å²) in [7, 11) is 0. The Balaban J connectivity index is 1.36. The zero-order chi connectivity index (χ0) is 25.1. The molecule has 36 heavy (non-hydrogen) atoms. The third-order valence-corrected chi connectivity index (χ3v) is 5.39. The van der Waals surface area contributed by atoms with E-state index in [-0.39, 0.29) is 17.3 Å². The van der Waals surface area contributed by atoms with Crippen LogP contribution in [0.5, 0.6) is 0 Å². The lowest BCUT2D eigenvalue weighted by Crippen LogP contribution is -2.37. The maximum atomic E-state index is 14.4. The van der Waals surface area contributed by atoms with E-state index >= 15 is 0 Å². The van der Waals surface area contributed by atoms with Crippen LogP contribution in [0.2, 0.25) is 0 Å². The summed E-state index contributed by atoms with van der Waals surface area (Å²) in [4.78, 5) is 23.3. The number of nitrogens with zero attached hydrogens (tertiary/aromatic N) is 6. The van der Waals surface area contributed by atoms with Crippen LogP contribution in [0.15, 0.2) is 61.1 Å². The van der Waals surface area contributed by atoms with Gasteiger partial charge in [-0.3, -0.25) is 4.98 Å². The van der Waals surface area contributed by atoms with Crippen LogP contribution in [0.3, 0.4) is 0 Å². The maximum absolute atomic E-state index is 14.4. The molecule has 1 saturated heterocycles. The third-order valence-electron chi connectivity index (χ3n) is 5.39. The van der Waals surface area contributed by atoms with Crippen molar-refractivity contribution >= 4 is 17.2 Å². The minimum absolute atomic E-state index is 0.187. The van der Waals surface area contributed by atoms with Crippen LogP contribution in [0.25, 0.3) is 23.0 Å². The Kier molecular flexibility index (Phi) is 6.42. The Morgan fingerprint density at radius 3 is 2.39 bits per heavy atom. The molecule has 3 aromatic heterocycles. The molecule has 1 aliphatic rings. The molecule has 4 heterocycles. The van der Waals surface area contributed by atoms with Gasteiger partial charge in [0, 0.05) is 25.0 Å². The van der Waals surface area contributed by atoms with Crippen molar-refractivity contribution in [3.63, 3.8) is 0 Å². The van der Waals surface area contributed by atoms with Crippen molar-refractivity contribution in [1.29, 1.82) is 0 Å². The molecule has 5 rings (SSSR count). The lowest BCUT2D eigenvalue weighted by atomic mass is 10.2. The van der Waals surface area contributed by atoms with E-state index in [9.17, 15) is 17.6 Å². The standard InChI is InChI=1S/C24H19F4N7O/c25-18-14-31-22(34-23(18)35-8-10-36-11-9-35)20-6-7-29-21(33-20)19-5-4-17(13-30-19)32-16-3-1-2-15(12-16)24(26,27)28/h1-7,12-14,32H,8-11H2. The number of hydrogen-bond donors (Lipinski definition) is 1. The van der Waals surface area contributed by atoms with Crippen LogP contribution in [0.4, 0.5) is 34.8 Å². The van der Waals surface area contributed by atoms with Crippen molar-refractivity contribution in [3.05, 3.63) is 72.4 Å². The van der Waals surface area contributed by atoms with Crippen molar-refractivity contribution < 1.29 is 22.3 Å². The van der Waals surface area contributed by atoms with Crippen LogP contribution < -0.4 is 10.2 Å². The molecular formula is C24H19F4N7O. The van der Waals surface area contributed by atoms with E-state index in [0.29, 0.717) is 49.2 Å². The fourth-order valence-electron chi connectivity index (χ4n) is 3.63. The summed E-state index contributed by atoms with van der Waals surface area (Å²) < 4.78 is 58.5. The molecular weight excluding hydrogens is 478 g/mol. The second-order valence-corrected chi connectivity index (χ2v) is 7.87. The first kappa shape index (κ1) is 23.5. The average Bonchev–Trinajstić information content (AvgIpc) is 2.90. The molecule has 0 atom stereocenters. The van der Waals surface area contributed by atoms with Gasteiger partial charge in [0.15, 0.2) is 23.3 Å². The largest absolute Gasteiger partial charge is 0.416 e. The van der Waals surface area contributed by atoms with Gasteiger partial charge in [-0.25, -0.2) is 24.3 Å². The molecule has 1 fully saturated rings. The molecule has 0 aliphatic carbocycles. The van der Waals surface area contributed by atoms with E-state index < -0.39 is 17.6 Å². The second kappa shape index (κ2) is 9.82. The van der Waals surface area contributed by atoms with Crippen LogP contribution in [-0.2, 0) is 10.9 Å². The quantitative estimate of drug-likeness (QED) is 0.396. The van der Waals surface area contributed by atoms with E-state index in [2.05, 4.69) is 30.2 Å². The molecule has 0 amide bonds. The van der Waals surface area contributed by atoms with Crippen LogP contribution in [0.1, 0.15) is 5.56 Å². The SMILES string of the molecule is Fc1cnc(-c2ccnc(-c3ccc(Nc4cccc(C(F)(F)F)c4)cn3)n2)nc1N1CCOCC1. The van der Waals surface area contributed by atoms with Gasteiger partial charge in [-0.05, 0) is 36.4 Å². The Hall–Kier alpha value is -4.19. The number of hydrogen-bond acceptors (Lipinski definition) is 8. The number of rotatable bonds is 5. The van der Waals surface area contributed by atoms with E-state index in [0.717, 1.165) is 18.3 Å². The van der Waals surface area contributed by atoms with Crippen molar-refractivity contribution in [1.82, 2.24) is 24.9 Å². The predicted molar refractivity (Wildman–Crippen MR) is 124 cm³/mol. The van der Waals surface area contributed by atoms with Gasteiger partial charge in [0.2, 0.25) is 0 Å². The first-order valence-corrected chi connectivity index (χ1v) is 11.0. The van der Waals surface area contributed by atoms with Crippen molar-refractivity contribution in [3.8, 4) is 23.0 Å². The second-order valence-electron chi connectivity index (χ2n) is 7.87. The highest BCUT2D eigenvalue weighted by Gasteiger charge is 2.30. The van der Waals surface area contributed by atoms with Crippen molar-refractivity contribution in [2.45, 2.75) is 6.18 Å². The number of ether oxygens (including phenoxy) is 1. The summed E-state index contributed by atoms with van der Waals surface area (Å²) in [5, 5.41) is 2.90. The Morgan fingerprint density at radius 2 is 1.64 bits per heavy atom. The summed E-state index contributed by atoms with van der Waals surface area (Å²) in [6, 6.07) is 9.80. The predicted octanol–water partition coefficient (Wildman–Crippen LogP) is 4.73. The van der Waals surface area contributed by atoms with E-state index in [1.807, 2.05) is 0 Å². The Bertz CT molecular complexity index is 1360. The molecule has 0 unspecified atom stereocenters. The topological polar surface area (TPSA) is 89.0 Å². The minimum atomic E-state index is -4.43. The van der Waals surface area contributed by atoms with Gasteiger partial charge in [0.1, 0.15) is 11.4 Å². The maximum Gasteiger partial charge on any atom is 0.416 e. The van der Waals surface area contributed by atoms with E-state index in [1.54, 1.807) is 23.1 Å². The number of anilines is 3. The lowest BCUT2D eigenvalue weighted by molar-refractivity contribution is -0.137. The zero-order valence-corrected chi connectivity index (χ0v) is 18.7. The highest BCUT2D eigenvalue weighted by atomic mass is 19.4. The van der Waals surface area contributed by atoms with Gasteiger partial charge in [0.25, 0.3) is 0 Å². The molecule has 0 radical (unpaired) electrons. The molecule has 8 nitrogen and oxygen atoms in total. The normalized spacial score (nSPS) is 14.1. The highest BCUT2D eigenvalue weighted by molar-refractivity contribution is 5.63. The molecule has 1 N–H and O–H groups in total. The summed E-state index contributed by atoms with van der Waals surface area (Å²) in [5.41, 5.74) is 0.847. The van der Waals surface area contributed by atoms with E-state index in [1.165, 1.54) is 24.5 Å². The summed E-state index contributed by atoms with van der Waals surface area (Å²) >= 11 is 0. The number of morpholine rings is 1. The van der Waals surface area contributed by atoms with E-state index in [4.69, 9.17) is 4.74 Å². The molecule has 0 spiro atoms. The monoisotopic (exact) mass is 497 g/mol. The molecule has 1 aromatic carbocycles. The number of halogens is 4. The number of benzene rings is 1. The lowest BCUT2D eigenvalue weighted by Gasteiger charge is -2.28. The fraction of sp³-hybridized carbons (Fsp3) is 0.208. The van der Waals surface area contributed by atoms with Gasteiger partial charge in [-0.1, -0.05) is 6.07 Å². The minimum Gasteiger partial charge on any atom is -0.378 e. The molecule has 12 heteroatoms. The van der Waals surface area contributed by atoms with Gasteiger partial charge in [-0.15, -0.1) is 0 Å². The Morgan fingerprint density at radius 1 is 0.833 bits per heavy atom. The number of nitrogens with one attached hydrogen (secondary N) is 1. The number of pyridine rings is 1. The fourth-order valence-corrected chi connectivity index (χ4v) is 3.63. The van der Waals surface area contributed by atoms with Crippen LogP contribution in [-0.4, -0.2) is 51.2 Å². The molecule has 4 aromatic rings. The van der Waals surface area contributed by atoms with Gasteiger partial charge < -0.3 is 15.0 Å². The molecule has 1 aliphatic heterocycles. The summed E-state index contributed by atoms with van der Waals surface area (Å²) in [6.45, 7) is 2.02. The number of alkyl halides is 3. The third kappa shape index (κ3) is 5.23. The summed E-state index contributed by atoms with van der Waals surface area (Å²) in [6.07, 6.45) is -0.327. The van der Waals surface area contributed by atoms with Crippen molar-refractivity contribution in [2.24, 2.45) is 0 Å². The first-order valence-electron chi connectivity index (χ1n) is 11.0.